The normalized spacial score (nSPS) is 25.1. The standard InChI is InChI=1S/C17H26ClN3O4S/c1-11-9-21(10-12(2)25-11)13(3)17(22)19-14-6-7-15(18)16(8-14)26(23,24)20(4)5/h6-8,11-13H,9-10H2,1-5H3,(H,19,22)/p+1/t11-,12-,13-/m0/s1. The fraction of sp³-hybridized carbons (Fsp3) is 0.588. The van der Waals surface area contributed by atoms with E-state index in [1.165, 1.54) is 26.2 Å². The van der Waals surface area contributed by atoms with Gasteiger partial charge in [0.2, 0.25) is 10.0 Å². The van der Waals surface area contributed by atoms with Crippen LogP contribution in [0.3, 0.4) is 0 Å². The maximum absolute atomic E-state index is 12.6. The fourth-order valence-electron chi connectivity index (χ4n) is 3.08. The number of morpholine rings is 1. The molecule has 0 bridgehead atoms. The molecule has 0 radical (unpaired) electrons. The Balaban J connectivity index is 2.16. The minimum Gasteiger partial charge on any atom is -0.364 e. The van der Waals surface area contributed by atoms with E-state index in [1.807, 2.05) is 20.8 Å². The quantitative estimate of drug-likeness (QED) is 0.753. The van der Waals surface area contributed by atoms with Gasteiger partial charge in [0.15, 0.2) is 6.04 Å². The lowest BCUT2D eigenvalue weighted by atomic mass is 10.1. The first-order chi connectivity index (χ1) is 12.0. The van der Waals surface area contributed by atoms with Crippen LogP contribution in [0.15, 0.2) is 23.1 Å². The summed E-state index contributed by atoms with van der Waals surface area (Å²) in [4.78, 5) is 13.7. The van der Waals surface area contributed by atoms with Crippen LogP contribution in [0.5, 0.6) is 0 Å². The van der Waals surface area contributed by atoms with E-state index in [9.17, 15) is 13.2 Å². The van der Waals surface area contributed by atoms with Gasteiger partial charge in [-0.3, -0.25) is 4.79 Å². The highest BCUT2D eigenvalue weighted by Crippen LogP contribution is 2.26. The van der Waals surface area contributed by atoms with E-state index in [2.05, 4.69) is 5.32 Å². The van der Waals surface area contributed by atoms with E-state index < -0.39 is 10.0 Å². The van der Waals surface area contributed by atoms with Crippen LogP contribution in [0.2, 0.25) is 5.02 Å². The number of hydrogen-bond acceptors (Lipinski definition) is 4. The van der Waals surface area contributed by atoms with E-state index in [-0.39, 0.29) is 34.1 Å². The van der Waals surface area contributed by atoms with Gasteiger partial charge in [0.25, 0.3) is 5.91 Å². The number of carbonyl (C=O) groups excluding carboxylic acids is 1. The van der Waals surface area contributed by atoms with Crippen molar-refractivity contribution in [2.75, 3.05) is 32.5 Å². The Morgan fingerprint density at radius 3 is 2.42 bits per heavy atom. The third-order valence-corrected chi connectivity index (χ3v) is 6.82. The van der Waals surface area contributed by atoms with Crippen molar-refractivity contribution in [1.82, 2.24) is 4.31 Å². The molecule has 1 aliphatic rings. The van der Waals surface area contributed by atoms with Crippen molar-refractivity contribution in [3.8, 4) is 0 Å². The summed E-state index contributed by atoms with van der Waals surface area (Å²) in [5.41, 5.74) is 0.403. The molecule has 0 spiro atoms. The van der Waals surface area contributed by atoms with Gasteiger partial charge in [-0.05, 0) is 39.0 Å². The molecular formula is C17H27ClN3O4S+. The Hall–Kier alpha value is -1.19. The van der Waals surface area contributed by atoms with Crippen molar-refractivity contribution in [3.05, 3.63) is 23.2 Å². The van der Waals surface area contributed by atoms with Crippen molar-refractivity contribution in [1.29, 1.82) is 0 Å². The first-order valence-electron chi connectivity index (χ1n) is 8.55. The number of anilines is 1. The predicted octanol–water partition coefficient (Wildman–Crippen LogP) is 0.609. The van der Waals surface area contributed by atoms with Crippen LogP contribution < -0.4 is 10.2 Å². The van der Waals surface area contributed by atoms with Gasteiger partial charge in [-0.15, -0.1) is 0 Å². The highest BCUT2D eigenvalue weighted by atomic mass is 35.5. The second-order valence-corrected chi connectivity index (χ2v) is 9.49. The van der Waals surface area contributed by atoms with Crippen molar-refractivity contribution < 1.29 is 22.8 Å². The molecule has 1 aromatic rings. The largest absolute Gasteiger partial charge is 0.364 e. The number of benzene rings is 1. The average molecular weight is 405 g/mol. The molecular weight excluding hydrogens is 378 g/mol. The van der Waals surface area contributed by atoms with E-state index in [0.29, 0.717) is 5.69 Å². The summed E-state index contributed by atoms with van der Waals surface area (Å²) in [5, 5.41) is 2.92. The third kappa shape index (κ3) is 4.75. The molecule has 2 rings (SSSR count). The van der Waals surface area contributed by atoms with Crippen molar-refractivity contribution in [2.24, 2.45) is 0 Å². The van der Waals surface area contributed by atoms with E-state index in [1.54, 1.807) is 6.07 Å². The molecule has 1 aromatic carbocycles. The van der Waals surface area contributed by atoms with Crippen molar-refractivity contribution in [3.63, 3.8) is 0 Å². The third-order valence-electron chi connectivity index (χ3n) is 4.53. The lowest BCUT2D eigenvalue weighted by Gasteiger charge is -2.35. The Kier molecular flexibility index (Phi) is 6.68. The maximum Gasteiger partial charge on any atom is 0.282 e. The Morgan fingerprint density at radius 2 is 1.88 bits per heavy atom. The van der Waals surface area contributed by atoms with Gasteiger partial charge in [0.1, 0.15) is 30.2 Å². The Morgan fingerprint density at radius 1 is 1.31 bits per heavy atom. The molecule has 1 fully saturated rings. The summed E-state index contributed by atoms with van der Waals surface area (Å²) in [6.45, 7) is 7.36. The number of carbonyl (C=O) groups is 1. The molecule has 26 heavy (non-hydrogen) atoms. The average Bonchev–Trinajstić information content (AvgIpc) is 2.54. The van der Waals surface area contributed by atoms with Gasteiger partial charge >= 0.3 is 0 Å². The number of quaternary nitrogens is 1. The molecule has 3 atom stereocenters. The van der Waals surface area contributed by atoms with Crippen LogP contribution in [0, 0.1) is 0 Å². The molecule has 1 saturated heterocycles. The monoisotopic (exact) mass is 404 g/mol. The van der Waals surface area contributed by atoms with Crippen LogP contribution in [0.4, 0.5) is 5.69 Å². The smallest absolute Gasteiger partial charge is 0.282 e. The second kappa shape index (κ2) is 8.22. The predicted molar refractivity (Wildman–Crippen MR) is 101 cm³/mol. The number of nitrogens with one attached hydrogen (secondary N) is 2. The topological polar surface area (TPSA) is 80.2 Å². The zero-order valence-electron chi connectivity index (χ0n) is 15.7. The molecule has 0 unspecified atom stereocenters. The molecule has 0 saturated carbocycles. The number of amides is 1. The summed E-state index contributed by atoms with van der Waals surface area (Å²) in [5.74, 6) is -0.170. The van der Waals surface area contributed by atoms with Gasteiger partial charge in [0, 0.05) is 19.8 Å². The Bertz CT molecular complexity index is 759. The molecule has 146 valence electrons. The van der Waals surface area contributed by atoms with E-state index in [0.717, 1.165) is 22.3 Å². The minimum absolute atomic E-state index is 0.0319. The van der Waals surface area contributed by atoms with Crippen LogP contribution in [0.1, 0.15) is 20.8 Å². The summed E-state index contributed by atoms with van der Waals surface area (Å²) in [6, 6.07) is 4.18. The van der Waals surface area contributed by atoms with Crippen LogP contribution in [0.25, 0.3) is 0 Å². The number of rotatable bonds is 5. The lowest BCUT2D eigenvalue weighted by molar-refractivity contribution is -0.928. The van der Waals surface area contributed by atoms with Crippen molar-refractivity contribution >= 4 is 33.2 Å². The molecule has 0 aromatic heterocycles. The highest BCUT2D eigenvalue weighted by Gasteiger charge is 2.33. The second-order valence-electron chi connectivity index (χ2n) is 6.97. The van der Waals surface area contributed by atoms with E-state index >= 15 is 0 Å². The highest BCUT2D eigenvalue weighted by molar-refractivity contribution is 7.89. The fourth-order valence-corrected chi connectivity index (χ4v) is 4.47. The van der Waals surface area contributed by atoms with Gasteiger partial charge in [-0.2, -0.15) is 0 Å². The summed E-state index contributed by atoms with van der Waals surface area (Å²) in [7, 11) is -0.826. The molecule has 9 heteroatoms. The zero-order chi connectivity index (χ0) is 19.6. The first kappa shape index (κ1) is 21.1. The number of nitrogens with zero attached hydrogens (tertiary/aromatic N) is 1. The summed E-state index contributed by atoms with van der Waals surface area (Å²) in [6.07, 6.45) is 0.188. The van der Waals surface area contributed by atoms with Gasteiger partial charge in [0.05, 0.1) is 5.02 Å². The van der Waals surface area contributed by atoms with E-state index in [4.69, 9.17) is 16.3 Å². The molecule has 2 N–H and O–H groups in total. The minimum atomic E-state index is -3.69. The summed E-state index contributed by atoms with van der Waals surface area (Å²) < 4.78 is 31.5. The number of halogens is 1. The van der Waals surface area contributed by atoms with Crippen LogP contribution >= 0.6 is 11.6 Å². The van der Waals surface area contributed by atoms with Gasteiger partial charge in [-0.25, -0.2) is 12.7 Å². The number of ether oxygens (including phenoxy) is 1. The number of sulfonamides is 1. The summed E-state index contributed by atoms with van der Waals surface area (Å²) >= 11 is 6.04. The lowest BCUT2D eigenvalue weighted by Crippen LogP contribution is -3.19. The van der Waals surface area contributed by atoms with Crippen LogP contribution in [-0.4, -0.2) is 64.1 Å². The van der Waals surface area contributed by atoms with Gasteiger partial charge < -0.3 is 15.0 Å². The maximum atomic E-state index is 12.6. The van der Waals surface area contributed by atoms with Gasteiger partial charge in [-0.1, -0.05) is 11.6 Å². The molecule has 1 heterocycles. The first-order valence-corrected chi connectivity index (χ1v) is 10.4. The molecule has 7 nitrogen and oxygen atoms in total. The Labute approximate surface area is 160 Å². The molecule has 1 amide bonds. The van der Waals surface area contributed by atoms with Crippen LogP contribution in [-0.2, 0) is 19.6 Å². The molecule has 1 aliphatic heterocycles. The number of hydrogen-bond donors (Lipinski definition) is 2. The van der Waals surface area contributed by atoms with Crippen molar-refractivity contribution in [2.45, 2.75) is 43.9 Å². The SMILES string of the molecule is C[C@H]1C[NH+]([C@@H](C)C(=O)Nc2ccc(Cl)c(S(=O)(=O)N(C)C)c2)C[C@H](C)O1. The molecule has 0 aliphatic carbocycles. The zero-order valence-corrected chi connectivity index (χ0v) is 17.3.